The summed E-state index contributed by atoms with van der Waals surface area (Å²) in [6, 6.07) is 16.0. The molecule has 0 heterocycles. The molecule has 0 radical (unpaired) electrons. The van der Waals surface area contributed by atoms with E-state index in [9.17, 15) is 8.78 Å². The summed E-state index contributed by atoms with van der Waals surface area (Å²) < 4.78 is 29.1. The third kappa shape index (κ3) is 3.76. The largest absolute Gasteiger partial charge is 0.435 e. The van der Waals surface area contributed by atoms with Gasteiger partial charge in [-0.2, -0.15) is 8.78 Å². The van der Waals surface area contributed by atoms with Gasteiger partial charge in [0.2, 0.25) is 0 Å². The van der Waals surface area contributed by atoms with Crippen molar-refractivity contribution in [3.8, 4) is 5.75 Å². The molecule has 2 aromatic carbocycles. The van der Waals surface area contributed by atoms with E-state index < -0.39 is 6.61 Å². The molecular weight excluding hydrogens is 248 g/mol. The number of halogens is 2. The Hall–Kier alpha value is -1.94. The van der Waals surface area contributed by atoms with Gasteiger partial charge >= 0.3 is 6.61 Å². The Kier molecular flexibility index (Phi) is 4.47. The van der Waals surface area contributed by atoms with Crippen LogP contribution in [0.5, 0.6) is 5.75 Å². The first-order valence-electron chi connectivity index (χ1n) is 6.00. The molecule has 0 saturated carbocycles. The maximum Gasteiger partial charge on any atom is 0.387 e. The molecule has 1 unspecified atom stereocenters. The van der Waals surface area contributed by atoms with Gasteiger partial charge in [0.15, 0.2) is 0 Å². The molecule has 2 rings (SSSR count). The summed E-state index contributed by atoms with van der Waals surface area (Å²) in [5, 5.41) is 0. The molecule has 0 aromatic heterocycles. The zero-order chi connectivity index (χ0) is 13.7. The first-order valence-corrected chi connectivity index (χ1v) is 6.00. The van der Waals surface area contributed by atoms with Crippen LogP contribution in [0.4, 0.5) is 8.78 Å². The molecule has 19 heavy (non-hydrogen) atoms. The first kappa shape index (κ1) is 13.5. The van der Waals surface area contributed by atoms with Crippen molar-refractivity contribution in [1.29, 1.82) is 0 Å². The highest BCUT2D eigenvalue weighted by molar-refractivity contribution is 5.35. The van der Waals surface area contributed by atoms with Crippen LogP contribution in [0.15, 0.2) is 54.6 Å². The highest BCUT2D eigenvalue weighted by atomic mass is 19.3. The van der Waals surface area contributed by atoms with Gasteiger partial charge in [-0.15, -0.1) is 0 Å². The molecule has 0 amide bonds. The minimum atomic E-state index is -2.82. The lowest BCUT2D eigenvalue weighted by Gasteiger charge is -2.15. The van der Waals surface area contributed by atoms with E-state index in [-0.39, 0.29) is 11.8 Å². The lowest BCUT2D eigenvalue weighted by atomic mass is 9.99. The second kappa shape index (κ2) is 6.29. The molecule has 2 aromatic rings. The van der Waals surface area contributed by atoms with E-state index >= 15 is 0 Å². The molecule has 100 valence electrons. The van der Waals surface area contributed by atoms with Crippen LogP contribution in [0, 0.1) is 0 Å². The number of ether oxygens (including phenoxy) is 1. The van der Waals surface area contributed by atoms with Crippen LogP contribution in [-0.4, -0.2) is 6.61 Å². The zero-order valence-electron chi connectivity index (χ0n) is 10.3. The minimum absolute atomic E-state index is 0.184. The van der Waals surface area contributed by atoms with Crippen LogP contribution in [0.3, 0.4) is 0 Å². The number of alkyl halides is 2. The van der Waals surface area contributed by atoms with Gasteiger partial charge in [-0.05, 0) is 23.6 Å². The summed E-state index contributed by atoms with van der Waals surface area (Å²) in [7, 11) is 0. The van der Waals surface area contributed by atoms with E-state index in [0.717, 1.165) is 5.56 Å². The highest BCUT2D eigenvalue weighted by Gasteiger charge is 2.13. The molecular formula is C15H15F2NO. The molecule has 0 aliphatic heterocycles. The summed E-state index contributed by atoms with van der Waals surface area (Å²) in [5.41, 5.74) is 7.73. The average molecular weight is 263 g/mol. The number of nitrogens with two attached hydrogens (primary N) is 1. The Bertz CT molecular complexity index is 517. The molecule has 0 saturated heterocycles. The molecule has 0 spiro atoms. The van der Waals surface area contributed by atoms with Crippen molar-refractivity contribution in [2.45, 2.75) is 19.1 Å². The summed E-state index contributed by atoms with van der Waals surface area (Å²) >= 11 is 0. The van der Waals surface area contributed by atoms with E-state index in [2.05, 4.69) is 4.74 Å². The van der Waals surface area contributed by atoms with Crippen LogP contribution in [0.25, 0.3) is 0 Å². The predicted octanol–water partition coefficient (Wildman–Crippen LogP) is 3.53. The molecule has 0 bridgehead atoms. The highest BCUT2D eigenvalue weighted by Crippen LogP contribution is 2.25. The van der Waals surface area contributed by atoms with Crippen molar-refractivity contribution in [3.05, 3.63) is 65.7 Å². The van der Waals surface area contributed by atoms with Crippen LogP contribution < -0.4 is 10.5 Å². The third-order valence-corrected chi connectivity index (χ3v) is 2.86. The van der Waals surface area contributed by atoms with Gasteiger partial charge in [0.25, 0.3) is 0 Å². The smallest absolute Gasteiger partial charge is 0.387 e. The molecule has 2 N–H and O–H groups in total. The fourth-order valence-electron chi connectivity index (χ4n) is 1.94. The summed E-state index contributed by atoms with van der Waals surface area (Å²) in [4.78, 5) is 0. The molecule has 0 aliphatic rings. The van der Waals surface area contributed by atoms with Gasteiger partial charge < -0.3 is 10.5 Å². The molecule has 2 nitrogen and oxygen atoms in total. The van der Waals surface area contributed by atoms with E-state index in [1.807, 2.05) is 30.3 Å². The van der Waals surface area contributed by atoms with Crippen molar-refractivity contribution >= 4 is 0 Å². The van der Waals surface area contributed by atoms with E-state index in [1.165, 1.54) is 6.07 Å². The second-order valence-electron chi connectivity index (χ2n) is 4.21. The molecule has 0 fully saturated rings. The van der Waals surface area contributed by atoms with Gasteiger partial charge in [-0.3, -0.25) is 0 Å². The SMILES string of the molecule is NC(Cc1ccccc1OC(F)F)c1ccccc1. The Morgan fingerprint density at radius 3 is 2.26 bits per heavy atom. The zero-order valence-corrected chi connectivity index (χ0v) is 10.3. The van der Waals surface area contributed by atoms with E-state index in [4.69, 9.17) is 5.73 Å². The Labute approximate surface area is 110 Å². The number of para-hydroxylation sites is 1. The van der Waals surface area contributed by atoms with Crippen LogP contribution in [0.2, 0.25) is 0 Å². The summed E-state index contributed by atoms with van der Waals surface area (Å²) in [5.74, 6) is 0.184. The lowest BCUT2D eigenvalue weighted by Crippen LogP contribution is -2.14. The predicted molar refractivity (Wildman–Crippen MR) is 70.1 cm³/mol. The Morgan fingerprint density at radius 2 is 1.58 bits per heavy atom. The lowest BCUT2D eigenvalue weighted by molar-refractivity contribution is -0.0504. The van der Waals surface area contributed by atoms with Crippen molar-refractivity contribution < 1.29 is 13.5 Å². The second-order valence-corrected chi connectivity index (χ2v) is 4.21. The minimum Gasteiger partial charge on any atom is -0.435 e. The number of benzene rings is 2. The normalized spacial score (nSPS) is 12.4. The number of hydrogen-bond acceptors (Lipinski definition) is 2. The van der Waals surface area contributed by atoms with Gasteiger partial charge in [0, 0.05) is 6.04 Å². The maximum atomic E-state index is 12.3. The van der Waals surface area contributed by atoms with E-state index in [1.54, 1.807) is 18.2 Å². The maximum absolute atomic E-state index is 12.3. The summed E-state index contributed by atoms with van der Waals surface area (Å²) in [6.07, 6.45) is 0.451. The first-order chi connectivity index (χ1) is 9.16. The molecule has 0 aliphatic carbocycles. The van der Waals surface area contributed by atoms with Gasteiger partial charge in [-0.1, -0.05) is 48.5 Å². The molecule has 1 atom stereocenters. The van der Waals surface area contributed by atoms with Crippen LogP contribution >= 0.6 is 0 Å². The van der Waals surface area contributed by atoms with Gasteiger partial charge in [0.1, 0.15) is 5.75 Å². The summed E-state index contributed by atoms with van der Waals surface area (Å²) in [6.45, 7) is -2.82. The van der Waals surface area contributed by atoms with Crippen LogP contribution in [0.1, 0.15) is 17.2 Å². The van der Waals surface area contributed by atoms with Crippen molar-refractivity contribution in [1.82, 2.24) is 0 Å². The van der Waals surface area contributed by atoms with Crippen LogP contribution in [-0.2, 0) is 6.42 Å². The average Bonchev–Trinajstić information content (AvgIpc) is 2.41. The van der Waals surface area contributed by atoms with Crippen molar-refractivity contribution in [3.63, 3.8) is 0 Å². The Morgan fingerprint density at radius 1 is 0.947 bits per heavy atom. The topological polar surface area (TPSA) is 35.2 Å². The van der Waals surface area contributed by atoms with Crippen molar-refractivity contribution in [2.75, 3.05) is 0 Å². The number of hydrogen-bond donors (Lipinski definition) is 1. The quantitative estimate of drug-likeness (QED) is 0.895. The standard InChI is InChI=1S/C15H15F2NO/c16-15(17)19-14-9-5-4-8-12(14)10-13(18)11-6-2-1-3-7-11/h1-9,13,15H,10,18H2. The monoisotopic (exact) mass is 263 g/mol. The Balaban J connectivity index is 2.15. The third-order valence-electron chi connectivity index (χ3n) is 2.86. The van der Waals surface area contributed by atoms with E-state index in [0.29, 0.717) is 12.0 Å². The van der Waals surface area contributed by atoms with Gasteiger partial charge in [-0.25, -0.2) is 0 Å². The fourth-order valence-corrected chi connectivity index (χ4v) is 1.94. The van der Waals surface area contributed by atoms with Gasteiger partial charge in [0.05, 0.1) is 0 Å². The number of rotatable bonds is 5. The van der Waals surface area contributed by atoms with Crippen molar-refractivity contribution in [2.24, 2.45) is 5.73 Å². The fraction of sp³-hybridized carbons (Fsp3) is 0.200. The molecule has 4 heteroatoms.